The highest BCUT2D eigenvalue weighted by Crippen LogP contribution is 2.32. The van der Waals surface area contributed by atoms with Gasteiger partial charge < -0.3 is 11.1 Å². The third-order valence-electron chi connectivity index (χ3n) is 3.60. The van der Waals surface area contributed by atoms with Crippen LogP contribution in [0.5, 0.6) is 0 Å². The van der Waals surface area contributed by atoms with Gasteiger partial charge in [0.1, 0.15) is 5.54 Å². The Bertz CT molecular complexity index is 438. The van der Waals surface area contributed by atoms with Gasteiger partial charge in [-0.25, -0.2) is 0 Å². The van der Waals surface area contributed by atoms with Crippen LogP contribution in [0.25, 0.3) is 0 Å². The van der Waals surface area contributed by atoms with Crippen LogP contribution in [-0.4, -0.2) is 11.9 Å². The number of hydrogen-bond acceptors (Lipinski definition) is 2. The van der Waals surface area contributed by atoms with Gasteiger partial charge in [-0.05, 0) is 50.3 Å². The Morgan fingerprint density at radius 3 is 2.50 bits per heavy atom. The Labute approximate surface area is 116 Å². The Kier molecular flexibility index (Phi) is 3.78. The minimum absolute atomic E-state index is 0.107. The number of carbonyl (C=O) groups excluding carboxylic acids is 1. The van der Waals surface area contributed by atoms with Crippen LogP contribution in [0.15, 0.2) is 28.7 Å². The maximum absolute atomic E-state index is 12.2. The molecule has 0 saturated heterocycles. The summed E-state index contributed by atoms with van der Waals surface area (Å²) in [5.41, 5.74) is 6.02. The van der Waals surface area contributed by atoms with Gasteiger partial charge >= 0.3 is 0 Å². The monoisotopic (exact) mass is 310 g/mol. The van der Waals surface area contributed by atoms with Crippen LogP contribution >= 0.6 is 15.9 Å². The molecule has 1 aliphatic rings. The summed E-state index contributed by atoms with van der Waals surface area (Å²) in [5, 5.41) is 3.02. The van der Waals surface area contributed by atoms with Crippen molar-refractivity contribution in [1.29, 1.82) is 0 Å². The van der Waals surface area contributed by atoms with Crippen molar-refractivity contribution in [2.45, 2.75) is 38.3 Å². The first kappa shape index (κ1) is 13.6. The zero-order valence-electron chi connectivity index (χ0n) is 10.7. The normalized spacial score (nSPS) is 20.0. The quantitative estimate of drug-likeness (QED) is 0.898. The molecule has 0 aromatic heterocycles. The van der Waals surface area contributed by atoms with Gasteiger partial charge in [-0.2, -0.15) is 0 Å². The van der Waals surface area contributed by atoms with E-state index in [1.54, 1.807) is 6.92 Å². The van der Waals surface area contributed by atoms with E-state index in [0.29, 0.717) is 5.92 Å². The lowest BCUT2D eigenvalue weighted by Crippen LogP contribution is -2.51. The molecule has 2 atom stereocenters. The van der Waals surface area contributed by atoms with E-state index in [1.807, 2.05) is 31.2 Å². The molecule has 1 fully saturated rings. The molecule has 0 aliphatic heterocycles. The summed E-state index contributed by atoms with van der Waals surface area (Å²) in [4.78, 5) is 12.2. The number of nitrogens with one attached hydrogen (secondary N) is 1. The number of hydrogen-bond donors (Lipinski definition) is 2. The highest BCUT2D eigenvalue weighted by atomic mass is 79.9. The van der Waals surface area contributed by atoms with E-state index in [4.69, 9.17) is 5.73 Å². The first-order valence-electron chi connectivity index (χ1n) is 6.27. The molecule has 1 aliphatic carbocycles. The van der Waals surface area contributed by atoms with Gasteiger partial charge in [-0.1, -0.05) is 28.1 Å². The predicted octanol–water partition coefficient (Wildman–Crippen LogP) is 2.54. The summed E-state index contributed by atoms with van der Waals surface area (Å²) in [6.07, 6.45) is 2.42. The van der Waals surface area contributed by atoms with Gasteiger partial charge in [-0.3, -0.25) is 4.79 Å². The molecule has 4 heteroatoms. The van der Waals surface area contributed by atoms with Gasteiger partial charge in [0.05, 0.1) is 0 Å². The van der Waals surface area contributed by atoms with E-state index in [1.165, 1.54) is 12.8 Å². The number of amides is 1. The lowest BCUT2D eigenvalue weighted by Gasteiger charge is -2.26. The van der Waals surface area contributed by atoms with Crippen molar-refractivity contribution in [3.05, 3.63) is 34.3 Å². The zero-order chi connectivity index (χ0) is 13.3. The van der Waals surface area contributed by atoms with Crippen molar-refractivity contribution in [2.75, 3.05) is 0 Å². The summed E-state index contributed by atoms with van der Waals surface area (Å²) in [6, 6.07) is 7.78. The second kappa shape index (κ2) is 5.02. The lowest BCUT2D eigenvalue weighted by molar-refractivity contribution is -0.126. The molecule has 3 N–H and O–H groups in total. The highest BCUT2D eigenvalue weighted by Gasteiger charge is 2.35. The molecule has 0 bridgehead atoms. The SMILES string of the molecule is CC(NC(=O)C(C)(N)c1ccc(Br)cc1)C1CC1. The second-order valence-electron chi connectivity index (χ2n) is 5.31. The maximum atomic E-state index is 12.2. The summed E-state index contributed by atoms with van der Waals surface area (Å²) < 4.78 is 0.980. The van der Waals surface area contributed by atoms with E-state index in [0.717, 1.165) is 10.0 Å². The summed E-state index contributed by atoms with van der Waals surface area (Å²) in [5.74, 6) is 0.527. The Morgan fingerprint density at radius 2 is 2.00 bits per heavy atom. The summed E-state index contributed by atoms with van der Waals surface area (Å²) >= 11 is 3.38. The predicted molar refractivity (Wildman–Crippen MR) is 76.0 cm³/mol. The fourth-order valence-electron chi connectivity index (χ4n) is 2.00. The number of rotatable bonds is 4. The molecular formula is C14H19BrN2O. The third-order valence-corrected chi connectivity index (χ3v) is 4.13. The Balaban J connectivity index is 2.08. The first-order valence-corrected chi connectivity index (χ1v) is 7.06. The topological polar surface area (TPSA) is 55.1 Å². The summed E-state index contributed by atoms with van der Waals surface area (Å²) in [7, 11) is 0. The van der Waals surface area contributed by atoms with E-state index in [-0.39, 0.29) is 11.9 Å². The number of benzene rings is 1. The molecular weight excluding hydrogens is 292 g/mol. The van der Waals surface area contributed by atoms with E-state index >= 15 is 0 Å². The van der Waals surface area contributed by atoms with E-state index in [9.17, 15) is 4.79 Å². The molecule has 1 aromatic carbocycles. The molecule has 0 radical (unpaired) electrons. The first-order chi connectivity index (χ1) is 8.41. The van der Waals surface area contributed by atoms with Gasteiger partial charge in [0.15, 0.2) is 0 Å². The fraction of sp³-hybridized carbons (Fsp3) is 0.500. The molecule has 0 spiro atoms. The standard InChI is InChI=1S/C14H19BrN2O/c1-9(10-3-4-10)17-13(18)14(2,16)11-5-7-12(15)8-6-11/h5-10H,3-4,16H2,1-2H3,(H,17,18). The number of carbonyl (C=O) groups is 1. The largest absolute Gasteiger partial charge is 0.351 e. The molecule has 18 heavy (non-hydrogen) atoms. The van der Waals surface area contributed by atoms with Crippen LogP contribution in [0.3, 0.4) is 0 Å². The van der Waals surface area contributed by atoms with Gasteiger partial charge in [0.25, 0.3) is 0 Å². The molecule has 1 aromatic rings. The van der Waals surface area contributed by atoms with Crippen LogP contribution in [0.2, 0.25) is 0 Å². The molecule has 2 unspecified atom stereocenters. The third kappa shape index (κ3) is 2.93. The van der Waals surface area contributed by atoms with E-state index in [2.05, 4.69) is 21.2 Å². The van der Waals surface area contributed by atoms with Gasteiger partial charge in [0, 0.05) is 10.5 Å². The maximum Gasteiger partial charge on any atom is 0.244 e. The van der Waals surface area contributed by atoms with E-state index < -0.39 is 5.54 Å². The van der Waals surface area contributed by atoms with Crippen molar-refractivity contribution < 1.29 is 4.79 Å². The Morgan fingerprint density at radius 1 is 1.44 bits per heavy atom. The molecule has 1 amide bonds. The molecule has 2 rings (SSSR count). The average molecular weight is 311 g/mol. The second-order valence-corrected chi connectivity index (χ2v) is 6.22. The minimum Gasteiger partial charge on any atom is -0.351 e. The van der Waals surface area contributed by atoms with Crippen molar-refractivity contribution in [1.82, 2.24) is 5.32 Å². The lowest BCUT2D eigenvalue weighted by atomic mass is 9.92. The van der Waals surface area contributed by atoms with Gasteiger partial charge in [0.2, 0.25) is 5.91 Å². The summed E-state index contributed by atoms with van der Waals surface area (Å²) in [6.45, 7) is 3.80. The van der Waals surface area contributed by atoms with Crippen molar-refractivity contribution in [3.63, 3.8) is 0 Å². The molecule has 1 saturated carbocycles. The van der Waals surface area contributed by atoms with Crippen LogP contribution in [0, 0.1) is 5.92 Å². The zero-order valence-corrected chi connectivity index (χ0v) is 12.3. The van der Waals surface area contributed by atoms with Crippen LogP contribution in [0.4, 0.5) is 0 Å². The van der Waals surface area contributed by atoms with Crippen LogP contribution in [0.1, 0.15) is 32.3 Å². The molecule has 0 heterocycles. The van der Waals surface area contributed by atoms with Crippen molar-refractivity contribution in [2.24, 2.45) is 11.7 Å². The molecule has 98 valence electrons. The number of halogens is 1. The van der Waals surface area contributed by atoms with Crippen LogP contribution < -0.4 is 11.1 Å². The number of nitrogens with two attached hydrogens (primary N) is 1. The van der Waals surface area contributed by atoms with Crippen molar-refractivity contribution >= 4 is 21.8 Å². The van der Waals surface area contributed by atoms with Crippen molar-refractivity contribution in [3.8, 4) is 0 Å². The van der Waals surface area contributed by atoms with Gasteiger partial charge in [-0.15, -0.1) is 0 Å². The smallest absolute Gasteiger partial charge is 0.244 e. The average Bonchev–Trinajstić information content (AvgIpc) is 3.13. The highest BCUT2D eigenvalue weighted by molar-refractivity contribution is 9.10. The van der Waals surface area contributed by atoms with Crippen LogP contribution in [-0.2, 0) is 10.3 Å². The Hall–Kier alpha value is -0.870. The minimum atomic E-state index is -0.982. The fourth-order valence-corrected chi connectivity index (χ4v) is 2.26. The molecule has 3 nitrogen and oxygen atoms in total.